The Hall–Kier alpha value is -2.43. The van der Waals surface area contributed by atoms with E-state index < -0.39 is 0 Å². The third kappa shape index (κ3) is 2.01. The SMILES string of the molecule is CN1Cc2cc(-c3cncc(N(C)C)n3)ccc2C1=O. The van der Waals surface area contributed by atoms with Crippen molar-refractivity contribution in [1.82, 2.24) is 14.9 Å². The number of nitrogens with zero attached hydrogens (tertiary/aromatic N) is 4. The van der Waals surface area contributed by atoms with Gasteiger partial charge in [0.15, 0.2) is 0 Å². The number of benzene rings is 1. The summed E-state index contributed by atoms with van der Waals surface area (Å²) in [6, 6.07) is 5.83. The molecule has 0 atom stereocenters. The van der Waals surface area contributed by atoms with Gasteiger partial charge >= 0.3 is 0 Å². The zero-order valence-electron chi connectivity index (χ0n) is 11.8. The van der Waals surface area contributed by atoms with Crippen LogP contribution in [0.3, 0.4) is 0 Å². The highest BCUT2D eigenvalue weighted by Gasteiger charge is 2.24. The lowest BCUT2D eigenvalue weighted by molar-refractivity contribution is 0.0816. The van der Waals surface area contributed by atoms with Crippen LogP contribution in [0.2, 0.25) is 0 Å². The molecule has 1 amide bonds. The normalized spacial score (nSPS) is 13.6. The van der Waals surface area contributed by atoms with Crippen molar-refractivity contribution in [3.05, 3.63) is 41.7 Å². The first-order valence-corrected chi connectivity index (χ1v) is 6.44. The summed E-state index contributed by atoms with van der Waals surface area (Å²) in [4.78, 5) is 24.3. The van der Waals surface area contributed by atoms with E-state index in [9.17, 15) is 4.79 Å². The molecule has 0 radical (unpaired) electrons. The van der Waals surface area contributed by atoms with Crippen LogP contribution in [0.5, 0.6) is 0 Å². The molecule has 1 aliphatic rings. The van der Waals surface area contributed by atoms with Crippen LogP contribution in [-0.2, 0) is 6.54 Å². The molecule has 0 spiro atoms. The summed E-state index contributed by atoms with van der Waals surface area (Å²) >= 11 is 0. The van der Waals surface area contributed by atoms with E-state index in [-0.39, 0.29) is 5.91 Å². The second-order valence-electron chi connectivity index (χ2n) is 5.19. The van der Waals surface area contributed by atoms with Gasteiger partial charge in [0.25, 0.3) is 5.91 Å². The molecule has 0 aliphatic carbocycles. The summed E-state index contributed by atoms with van der Waals surface area (Å²) < 4.78 is 0. The largest absolute Gasteiger partial charge is 0.361 e. The number of carbonyl (C=O) groups is 1. The number of hydrogen-bond acceptors (Lipinski definition) is 4. The summed E-state index contributed by atoms with van der Waals surface area (Å²) in [5, 5.41) is 0. The van der Waals surface area contributed by atoms with Crippen molar-refractivity contribution in [1.29, 1.82) is 0 Å². The summed E-state index contributed by atoms with van der Waals surface area (Å²) in [5.41, 5.74) is 3.64. The van der Waals surface area contributed by atoms with Crippen LogP contribution in [0.15, 0.2) is 30.6 Å². The zero-order chi connectivity index (χ0) is 14.3. The van der Waals surface area contributed by atoms with Crippen LogP contribution in [0.25, 0.3) is 11.3 Å². The molecule has 5 heteroatoms. The van der Waals surface area contributed by atoms with Gasteiger partial charge in [-0.05, 0) is 17.7 Å². The molecule has 20 heavy (non-hydrogen) atoms. The predicted octanol–water partition coefficient (Wildman–Crippen LogP) is 1.80. The smallest absolute Gasteiger partial charge is 0.254 e. The molecule has 0 fully saturated rings. The first-order valence-electron chi connectivity index (χ1n) is 6.44. The number of amides is 1. The highest BCUT2D eigenvalue weighted by molar-refractivity contribution is 5.98. The summed E-state index contributed by atoms with van der Waals surface area (Å²) in [7, 11) is 5.68. The Morgan fingerprint density at radius 3 is 2.80 bits per heavy atom. The zero-order valence-corrected chi connectivity index (χ0v) is 11.8. The van der Waals surface area contributed by atoms with Crippen molar-refractivity contribution in [2.45, 2.75) is 6.54 Å². The minimum atomic E-state index is 0.0830. The molecule has 1 aromatic heterocycles. The fraction of sp³-hybridized carbons (Fsp3) is 0.267. The molecule has 2 aromatic rings. The summed E-state index contributed by atoms with van der Waals surface area (Å²) in [5.74, 6) is 0.899. The molecule has 3 rings (SSSR count). The van der Waals surface area contributed by atoms with E-state index in [1.165, 1.54) is 0 Å². The van der Waals surface area contributed by atoms with Gasteiger partial charge in [0, 0.05) is 38.8 Å². The number of anilines is 1. The first-order chi connectivity index (χ1) is 9.56. The molecule has 0 N–H and O–H groups in total. The molecule has 5 nitrogen and oxygen atoms in total. The van der Waals surface area contributed by atoms with E-state index in [4.69, 9.17) is 0 Å². The lowest BCUT2D eigenvalue weighted by Gasteiger charge is -2.11. The van der Waals surface area contributed by atoms with E-state index in [0.717, 1.165) is 28.2 Å². The average molecular weight is 268 g/mol. The molecule has 0 bridgehead atoms. The van der Waals surface area contributed by atoms with Crippen molar-refractivity contribution in [3.8, 4) is 11.3 Å². The van der Waals surface area contributed by atoms with E-state index in [2.05, 4.69) is 9.97 Å². The molecule has 0 saturated carbocycles. The van der Waals surface area contributed by atoms with Gasteiger partial charge in [0.1, 0.15) is 5.82 Å². The molecule has 1 aromatic carbocycles. The Morgan fingerprint density at radius 1 is 1.25 bits per heavy atom. The van der Waals surface area contributed by atoms with Gasteiger partial charge in [-0.3, -0.25) is 9.78 Å². The number of hydrogen-bond donors (Lipinski definition) is 0. The second kappa shape index (κ2) is 4.59. The second-order valence-corrected chi connectivity index (χ2v) is 5.19. The van der Waals surface area contributed by atoms with E-state index in [1.54, 1.807) is 17.3 Å². The Kier molecular flexibility index (Phi) is 2.89. The molecule has 2 heterocycles. The van der Waals surface area contributed by atoms with Crippen molar-refractivity contribution in [2.75, 3.05) is 26.0 Å². The molecule has 0 saturated heterocycles. The highest BCUT2D eigenvalue weighted by atomic mass is 16.2. The van der Waals surface area contributed by atoms with Gasteiger partial charge in [-0.25, -0.2) is 4.98 Å². The Labute approximate surface area is 117 Å². The van der Waals surface area contributed by atoms with Crippen molar-refractivity contribution in [2.24, 2.45) is 0 Å². The number of aromatic nitrogens is 2. The fourth-order valence-electron chi connectivity index (χ4n) is 2.34. The van der Waals surface area contributed by atoms with Crippen LogP contribution >= 0.6 is 0 Å². The van der Waals surface area contributed by atoms with Crippen molar-refractivity contribution in [3.63, 3.8) is 0 Å². The van der Waals surface area contributed by atoms with Gasteiger partial charge in [0.05, 0.1) is 18.1 Å². The highest BCUT2D eigenvalue weighted by Crippen LogP contribution is 2.27. The maximum absolute atomic E-state index is 11.9. The van der Waals surface area contributed by atoms with Gasteiger partial charge in [-0.2, -0.15) is 0 Å². The molecular weight excluding hydrogens is 252 g/mol. The van der Waals surface area contributed by atoms with Gasteiger partial charge in [-0.1, -0.05) is 6.07 Å². The minimum absolute atomic E-state index is 0.0830. The van der Waals surface area contributed by atoms with Gasteiger partial charge in [0.2, 0.25) is 0 Å². The van der Waals surface area contributed by atoms with E-state index >= 15 is 0 Å². The van der Waals surface area contributed by atoms with E-state index in [0.29, 0.717) is 6.54 Å². The quantitative estimate of drug-likeness (QED) is 0.833. The Bertz CT molecular complexity index is 681. The Morgan fingerprint density at radius 2 is 2.05 bits per heavy atom. The molecule has 1 aliphatic heterocycles. The van der Waals surface area contributed by atoms with Crippen LogP contribution in [0.1, 0.15) is 15.9 Å². The van der Waals surface area contributed by atoms with E-state index in [1.807, 2.05) is 44.2 Å². The standard InChI is InChI=1S/C15H16N4O/c1-18(2)14-8-16-7-13(17-14)10-4-5-12-11(6-10)9-19(3)15(12)20/h4-8H,9H2,1-3H3. The maximum atomic E-state index is 11.9. The van der Waals surface area contributed by atoms with Crippen LogP contribution in [0, 0.1) is 0 Å². The number of fused-ring (bicyclic) bond motifs is 1. The summed E-state index contributed by atoms with van der Waals surface area (Å²) in [6.45, 7) is 0.656. The van der Waals surface area contributed by atoms with Crippen molar-refractivity contribution >= 4 is 11.7 Å². The van der Waals surface area contributed by atoms with Crippen LogP contribution in [0.4, 0.5) is 5.82 Å². The lowest BCUT2D eigenvalue weighted by Crippen LogP contribution is -2.17. The molecule has 0 unspecified atom stereocenters. The average Bonchev–Trinajstić information content (AvgIpc) is 2.74. The van der Waals surface area contributed by atoms with Gasteiger partial charge < -0.3 is 9.80 Å². The minimum Gasteiger partial charge on any atom is -0.361 e. The van der Waals surface area contributed by atoms with Gasteiger partial charge in [-0.15, -0.1) is 0 Å². The van der Waals surface area contributed by atoms with Crippen LogP contribution in [-0.4, -0.2) is 41.9 Å². The number of carbonyl (C=O) groups excluding carboxylic acids is 1. The third-order valence-electron chi connectivity index (χ3n) is 3.47. The van der Waals surface area contributed by atoms with Crippen molar-refractivity contribution < 1.29 is 4.79 Å². The first kappa shape index (κ1) is 12.6. The maximum Gasteiger partial charge on any atom is 0.254 e. The Balaban J connectivity index is 2.02. The molecule has 102 valence electrons. The molecular formula is C15H16N4O. The monoisotopic (exact) mass is 268 g/mol. The van der Waals surface area contributed by atoms with Crippen LogP contribution < -0.4 is 4.90 Å². The number of rotatable bonds is 2. The lowest BCUT2D eigenvalue weighted by atomic mass is 10.0. The predicted molar refractivity (Wildman–Crippen MR) is 77.6 cm³/mol. The topological polar surface area (TPSA) is 49.3 Å². The summed E-state index contributed by atoms with van der Waals surface area (Å²) in [6.07, 6.45) is 3.48. The fourth-order valence-corrected chi connectivity index (χ4v) is 2.34. The third-order valence-corrected chi connectivity index (χ3v) is 3.47.